The number of halogens is 2. The molecule has 0 unspecified atom stereocenters. The predicted molar refractivity (Wildman–Crippen MR) is 92.0 cm³/mol. The Labute approximate surface area is 142 Å². The van der Waals surface area contributed by atoms with E-state index in [1.165, 1.54) is 0 Å². The van der Waals surface area contributed by atoms with Crippen molar-refractivity contribution in [2.24, 2.45) is 0 Å². The maximum absolute atomic E-state index is 12.5. The topological polar surface area (TPSA) is 26.8 Å². The second-order valence-corrected chi connectivity index (χ2v) is 6.73. The summed E-state index contributed by atoms with van der Waals surface area (Å²) in [6.07, 6.45) is 1.16. The van der Waals surface area contributed by atoms with Crippen LogP contribution in [0.2, 0.25) is 10.0 Å². The third-order valence-corrected chi connectivity index (χ3v) is 4.64. The van der Waals surface area contributed by atoms with Crippen LogP contribution in [0.4, 0.5) is 0 Å². The number of benzene rings is 1. The molecule has 6 heteroatoms. The van der Waals surface area contributed by atoms with Gasteiger partial charge in [-0.3, -0.25) is 9.69 Å². The van der Waals surface area contributed by atoms with Crippen molar-refractivity contribution < 1.29 is 4.79 Å². The highest BCUT2D eigenvalue weighted by molar-refractivity contribution is 6.42. The Morgan fingerprint density at radius 2 is 1.82 bits per heavy atom. The van der Waals surface area contributed by atoms with Gasteiger partial charge >= 0.3 is 0 Å². The Balaban J connectivity index is 1.83. The summed E-state index contributed by atoms with van der Waals surface area (Å²) in [6, 6.07) is 5.06. The smallest absolute Gasteiger partial charge is 0.253 e. The predicted octanol–water partition coefficient (Wildman–Crippen LogP) is 2.70. The standard InChI is InChI=1S/C16H23Cl2N3O/c1-19(2)6-3-7-20-8-10-21(11-9-20)16(22)13-4-5-14(17)15(18)12-13/h4-5,12H,3,6-11H2,1-2H3. The molecule has 0 radical (unpaired) electrons. The number of rotatable bonds is 5. The first-order valence-electron chi connectivity index (χ1n) is 7.59. The molecule has 22 heavy (non-hydrogen) atoms. The van der Waals surface area contributed by atoms with Gasteiger partial charge in [0.1, 0.15) is 0 Å². The van der Waals surface area contributed by atoms with Crippen LogP contribution in [0.15, 0.2) is 18.2 Å². The highest BCUT2D eigenvalue weighted by atomic mass is 35.5. The molecule has 1 amide bonds. The monoisotopic (exact) mass is 343 g/mol. The van der Waals surface area contributed by atoms with Crippen LogP contribution in [0.3, 0.4) is 0 Å². The van der Waals surface area contributed by atoms with Crippen LogP contribution in [0.1, 0.15) is 16.8 Å². The normalized spacial score (nSPS) is 16.3. The van der Waals surface area contributed by atoms with E-state index in [-0.39, 0.29) is 5.91 Å². The van der Waals surface area contributed by atoms with E-state index in [1.807, 2.05) is 4.90 Å². The van der Waals surface area contributed by atoms with Crippen molar-refractivity contribution in [3.05, 3.63) is 33.8 Å². The average Bonchev–Trinajstić information content (AvgIpc) is 2.50. The molecule has 0 aromatic heterocycles. The van der Waals surface area contributed by atoms with Crippen LogP contribution >= 0.6 is 23.2 Å². The number of hydrogen-bond acceptors (Lipinski definition) is 3. The van der Waals surface area contributed by atoms with Crippen LogP contribution < -0.4 is 0 Å². The van der Waals surface area contributed by atoms with Gasteiger partial charge in [0.05, 0.1) is 10.0 Å². The van der Waals surface area contributed by atoms with Gasteiger partial charge in [0.2, 0.25) is 0 Å². The first kappa shape index (κ1) is 17.5. The largest absolute Gasteiger partial charge is 0.336 e. The fraction of sp³-hybridized carbons (Fsp3) is 0.562. The molecule has 2 rings (SSSR count). The van der Waals surface area contributed by atoms with Crippen LogP contribution in [0.5, 0.6) is 0 Å². The van der Waals surface area contributed by atoms with Crippen molar-refractivity contribution in [3.8, 4) is 0 Å². The van der Waals surface area contributed by atoms with Gasteiger partial charge in [-0.05, 0) is 51.8 Å². The molecule has 1 fully saturated rings. The minimum Gasteiger partial charge on any atom is -0.336 e. The Hall–Kier alpha value is -0.810. The van der Waals surface area contributed by atoms with E-state index in [4.69, 9.17) is 23.2 Å². The molecular formula is C16H23Cl2N3O. The molecular weight excluding hydrogens is 321 g/mol. The van der Waals surface area contributed by atoms with E-state index in [9.17, 15) is 4.79 Å². The molecule has 0 atom stereocenters. The molecule has 0 saturated carbocycles. The van der Waals surface area contributed by atoms with Crippen molar-refractivity contribution in [2.45, 2.75) is 6.42 Å². The summed E-state index contributed by atoms with van der Waals surface area (Å²) in [4.78, 5) is 19.0. The summed E-state index contributed by atoms with van der Waals surface area (Å²) < 4.78 is 0. The molecule has 1 heterocycles. The zero-order valence-corrected chi connectivity index (χ0v) is 14.7. The maximum Gasteiger partial charge on any atom is 0.253 e. The summed E-state index contributed by atoms with van der Waals surface area (Å²) in [5, 5.41) is 0.902. The number of piperazine rings is 1. The second kappa shape index (κ2) is 8.16. The fourth-order valence-electron chi connectivity index (χ4n) is 2.60. The first-order chi connectivity index (χ1) is 10.5. The van der Waals surface area contributed by atoms with Crippen molar-refractivity contribution in [1.29, 1.82) is 0 Å². The van der Waals surface area contributed by atoms with E-state index >= 15 is 0 Å². The molecule has 1 saturated heterocycles. The molecule has 122 valence electrons. The third-order valence-electron chi connectivity index (χ3n) is 3.91. The van der Waals surface area contributed by atoms with Crippen LogP contribution in [-0.4, -0.2) is 74.0 Å². The van der Waals surface area contributed by atoms with Gasteiger partial charge in [-0.15, -0.1) is 0 Å². The van der Waals surface area contributed by atoms with E-state index in [0.29, 0.717) is 15.6 Å². The minimum absolute atomic E-state index is 0.0338. The summed E-state index contributed by atoms with van der Waals surface area (Å²) in [5.41, 5.74) is 0.607. The molecule has 0 spiro atoms. The lowest BCUT2D eigenvalue weighted by atomic mass is 10.2. The van der Waals surface area contributed by atoms with Crippen molar-refractivity contribution >= 4 is 29.1 Å². The highest BCUT2D eigenvalue weighted by Gasteiger charge is 2.22. The molecule has 0 aliphatic carbocycles. The summed E-state index contributed by atoms with van der Waals surface area (Å²) in [6.45, 7) is 5.58. The molecule has 4 nitrogen and oxygen atoms in total. The number of nitrogens with zero attached hydrogens (tertiary/aromatic N) is 3. The van der Waals surface area contributed by atoms with E-state index in [0.717, 1.165) is 45.7 Å². The molecule has 0 bridgehead atoms. The van der Waals surface area contributed by atoms with Gasteiger partial charge in [0.25, 0.3) is 5.91 Å². The average molecular weight is 344 g/mol. The lowest BCUT2D eigenvalue weighted by molar-refractivity contribution is 0.0634. The fourth-order valence-corrected chi connectivity index (χ4v) is 2.89. The van der Waals surface area contributed by atoms with Crippen molar-refractivity contribution in [1.82, 2.24) is 14.7 Å². The zero-order valence-electron chi connectivity index (χ0n) is 13.2. The SMILES string of the molecule is CN(C)CCCN1CCN(C(=O)c2ccc(Cl)c(Cl)c2)CC1. The molecule has 1 aromatic carbocycles. The molecule has 1 aromatic rings. The van der Waals surface area contributed by atoms with Gasteiger partial charge < -0.3 is 9.80 Å². The first-order valence-corrected chi connectivity index (χ1v) is 8.34. The Morgan fingerprint density at radius 1 is 1.14 bits per heavy atom. The van der Waals surface area contributed by atoms with Gasteiger partial charge in [0, 0.05) is 31.7 Å². The Morgan fingerprint density at radius 3 is 2.41 bits per heavy atom. The van der Waals surface area contributed by atoms with E-state index < -0.39 is 0 Å². The Bertz CT molecular complexity index is 514. The lowest BCUT2D eigenvalue weighted by Crippen LogP contribution is -2.49. The van der Waals surface area contributed by atoms with Crippen molar-refractivity contribution in [3.63, 3.8) is 0 Å². The molecule has 1 aliphatic rings. The van der Waals surface area contributed by atoms with E-state index in [1.54, 1.807) is 18.2 Å². The number of hydrogen-bond donors (Lipinski definition) is 0. The highest BCUT2D eigenvalue weighted by Crippen LogP contribution is 2.23. The van der Waals surface area contributed by atoms with E-state index in [2.05, 4.69) is 23.9 Å². The van der Waals surface area contributed by atoms with Gasteiger partial charge in [-0.2, -0.15) is 0 Å². The Kier molecular flexibility index (Phi) is 6.50. The summed E-state index contributed by atoms with van der Waals surface area (Å²) >= 11 is 11.9. The summed E-state index contributed by atoms with van der Waals surface area (Å²) in [7, 11) is 4.18. The third kappa shape index (κ3) is 4.85. The minimum atomic E-state index is 0.0338. The number of amides is 1. The quantitative estimate of drug-likeness (QED) is 0.822. The number of carbonyl (C=O) groups excluding carboxylic acids is 1. The molecule has 0 N–H and O–H groups in total. The maximum atomic E-state index is 12.5. The van der Waals surface area contributed by atoms with Crippen LogP contribution in [-0.2, 0) is 0 Å². The summed E-state index contributed by atoms with van der Waals surface area (Å²) in [5.74, 6) is 0.0338. The van der Waals surface area contributed by atoms with Gasteiger partial charge in [-0.25, -0.2) is 0 Å². The number of carbonyl (C=O) groups is 1. The van der Waals surface area contributed by atoms with Gasteiger partial charge in [-0.1, -0.05) is 23.2 Å². The second-order valence-electron chi connectivity index (χ2n) is 5.92. The van der Waals surface area contributed by atoms with Crippen molar-refractivity contribution in [2.75, 3.05) is 53.4 Å². The lowest BCUT2D eigenvalue weighted by Gasteiger charge is -2.35. The van der Waals surface area contributed by atoms with Gasteiger partial charge in [0.15, 0.2) is 0 Å². The van der Waals surface area contributed by atoms with Crippen LogP contribution in [0, 0.1) is 0 Å². The molecule has 1 aliphatic heterocycles. The zero-order chi connectivity index (χ0) is 16.1. The van der Waals surface area contributed by atoms with Crippen LogP contribution in [0.25, 0.3) is 0 Å².